The van der Waals surface area contributed by atoms with Gasteiger partial charge in [0, 0.05) is 10.6 Å². The Hall–Kier alpha value is -1.99. The van der Waals surface area contributed by atoms with Crippen molar-refractivity contribution in [3.8, 4) is 0 Å². The minimum absolute atomic E-state index is 0.697. The third-order valence-corrected chi connectivity index (χ3v) is 2.14. The summed E-state index contributed by atoms with van der Waals surface area (Å²) in [5, 5.41) is 5.78. The number of nitrogens with zero attached hydrogens (tertiary/aromatic N) is 3. The van der Waals surface area contributed by atoms with Crippen molar-refractivity contribution in [2.75, 3.05) is 0 Å². The van der Waals surface area contributed by atoms with Crippen LogP contribution >= 0.6 is 0 Å². The zero-order chi connectivity index (χ0) is 9.97. The van der Waals surface area contributed by atoms with Crippen LogP contribution in [0.5, 0.6) is 0 Å². The highest BCUT2D eigenvalue weighted by Crippen LogP contribution is 2.27. The lowest BCUT2D eigenvalue weighted by atomic mass is 10.1. The maximum atomic E-state index is 8.43. The molecule has 0 fully saturated rings. The standard InChI is InChI=1S/C11H9N3/c1-8-6-9-4-2-3-5-10(9)11(7-8)13-14-12/h2-7H,1H3. The fraction of sp³-hybridized carbons (Fsp3) is 0.0909. The molecule has 0 aliphatic heterocycles. The van der Waals surface area contributed by atoms with Crippen molar-refractivity contribution in [3.05, 3.63) is 52.4 Å². The molecular weight excluding hydrogens is 174 g/mol. The number of azide groups is 1. The van der Waals surface area contributed by atoms with Crippen LogP contribution in [0.15, 0.2) is 41.5 Å². The third-order valence-electron chi connectivity index (χ3n) is 2.14. The lowest BCUT2D eigenvalue weighted by Gasteiger charge is -2.02. The Morgan fingerprint density at radius 1 is 1.21 bits per heavy atom. The molecule has 0 bridgehead atoms. The van der Waals surface area contributed by atoms with Crippen LogP contribution in [-0.2, 0) is 0 Å². The van der Waals surface area contributed by atoms with Gasteiger partial charge in [-0.05, 0) is 29.3 Å². The van der Waals surface area contributed by atoms with Crippen LogP contribution in [-0.4, -0.2) is 0 Å². The molecule has 2 rings (SSSR count). The third kappa shape index (κ3) is 1.41. The topological polar surface area (TPSA) is 48.8 Å². The maximum absolute atomic E-state index is 8.43. The van der Waals surface area contributed by atoms with Gasteiger partial charge in [0.05, 0.1) is 0 Å². The molecule has 2 aromatic rings. The van der Waals surface area contributed by atoms with E-state index in [1.165, 1.54) is 0 Å². The van der Waals surface area contributed by atoms with E-state index >= 15 is 0 Å². The number of aryl methyl sites for hydroxylation is 1. The number of hydrogen-bond donors (Lipinski definition) is 0. The van der Waals surface area contributed by atoms with Gasteiger partial charge in [0.15, 0.2) is 0 Å². The van der Waals surface area contributed by atoms with Gasteiger partial charge in [-0.1, -0.05) is 41.0 Å². The van der Waals surface area contributed by atoms with Gasteiger partial charge in [0.25, 0.3) is 0 Å². The van der Waals surface area contributed by atoms with Crippen LogP contribution in [0.3, 0.4) is 0 Å². The van der Waals surface area contributed by atoms with Crippen molar-refractivity contribution in [2.45, 2.75) is 6.92 Å². The largest absolute Gasteiger partial charge is 0.0616 e. The Morgan fingerprint density at radius 2 is 2.00 bits per heavy atom. The Morgan fingerprint density at radius 3 is 2.79 bits per heavy atom. The van der Waals surface area contributed by atoms with E-state index in [-0.39, 0.29) is 0 Å². The fourth-order valence-electron chi connectivity index (χ4n) is 1.57. The molecule has 0 aliphatic rings. The smallest absolute Gasteiger partial charge is 0.0456 e. The molecule has 0 saturated heterocycles. The lowest BCUT2D eigenvalue weighted by molar-refractivity contribution is 1.44. The van der Waals surface area contributed by atoms with Crippen molar-refractivity contribution < 1.29 is 0 Å². The van der Waals surface area contributed by atoms with Gasteiger partial charge in [-0.15, -0.1) is 0 Å². The molecule has 0 unspecified atom stereocenters. The second-order valence-corrected chi connectivity index (χ2v) is 3.19. The molecule has 3 heteroatoms. The van der Waals surface area contributed by atoms with Gasteiger partial charge >= 0.3 is 0 Å². The van der Waals surface area contributed by atoms with Gasteiger partial charge < -0.3 is 0 Å². The van der Waals surface area contributed by atoms with Crippen LogP contribution in [0, 0.1) is 6.92 Å². The first-order valence-electron chi connectivity index (χ1n) is 4.36. The summed E-state index contributed by atoms with van der Waals surface area (Å²) >= 11 is 0. The van der Waals surface area contributed by atoms with E-state index in [1.54, 1.807) is 0 Å². The molecule has 3 nitrogen and oxygen atoms in total. The van der Waals surface area contributed by atoms with Crippen molar-refractivity contribution in [1.29, 1.82) is 0 Å². The average molecular weight is 183 g/mol. The number of benzene rings is 2. The van der Waals surface area contributed by atoms with E-state index in [1.807, 2.05) is 37.3 Å². The number of rotatable bonds is 1. The Bertz CT molecular complexity index is 525. The first-order chi connectivity index (χ1) is 6.81. The number of hydrogen-bond acceptors (Lipinski definition) is 1. The Balaban J connectivity index is 2.86. The van der Waals surface area contributed by atoms with E-state index in [2.05, 4.69) is 16.1 Å². The molecule has 0 amide bonds. The molecule has 0 saturated carbocycles. The zero-order valence-electron chi connectivity index (χ0n) is 7.81. The van der Waals surface area contributed by atoms with Crippen LogP contribution in [0.2, 0.25) is 0 Å². The van der Waals surface area contributed by atoms with Crippen molar-refractivity contribution >= 4 is 16.5 Å². The summed E-state index contributed by atoms with van der Waals surface area (Å²) in [6.45, 7) is 1.99. The normalized spacial score (nSPS) is 9.79. The van der Waals surface area contributed by atoms with Gasteiger partial charge in [0.2, 0.25) is 0 Å². The highest BCUT2D eigenvalue weighted by molar-refractivity contribution is 5.93. The van der Waals surface area contributed by atoms with Crippen molar-refractivity contribution in [2.24, 2.45) is 5.11 Å². The summed E-state index contributed by atoms with van der Waals surface area (Å²) in [5.41, 5.74) is 10.2. The van der Waals surface area contributed by atoms with Crippen LogP contribution in [0.1, 0.15) is 5.56 Å². The minimum atomic E-state index is 0.697. The summed E-state index contributed by atoms with van der Waals surface area (Å²) in [5.74, 6) is 0. The Kier molecular flexibility index (Phi) is 2.09. The monoisotopic (exact) mass is 183 g/mol. The summed E-state index contributed by atoms with van der Waals surface area (Å²) in [6, 6.07) is 11.8. The van der Waals surface area contributed by atoms with Gasteiger partial charge in [0.1, 0.15) is 0 Å². The SMILES string of the molecule is Cc1cc(N=[N+]=[N-])c2ccccc2c1. The molecule has 0 radical (unpaired) electrons. The van der Waals surface area contributed by atoms with Crippen LogP contribution in [0.4, 0.5) is 5.69 Å². The second kappa shape index (κ2) is 3.40. The van der Waals surface area contributed by atoms with Gasteiger partial charge in [-0.25, -0.2) is 0 Å². The minimum Gasteiger partial charge on any atom is -0.0616 e. The van der Waals surface area contributed by atoms with E-state index in [4.69, 9.17) is 5.53 Å². The molecule has 68 valence electrons. The highest BCUT2D eigenvalue weighted by Gasteiger charge is 1.98. The molecule has 0 heterocycles. The second-order valence-electron chi connectivity index (χ2n) is 3.19. The average Bonchev–Trinajstić information content (AvgIpc) is 2.18. The molecule has 0 N–H and O–H groups in total. The molecule has 0 spiro atoms. The Labute approximate surface area is 81.6 Å². The van der Waals surface area contributed by atoms with Crippen LogP contribution in [0.25, 0.3) is 21.2 Å². The van der Waals surface area contributed by atoms with E-state index < -0.39 is 0 Å². The van der Waals surface area contributed by atoms with Crippen LogP contribution < -0.4 is 0 Å². The lowest BCUT2D eigenvalue weighted by Crippen LogP contribution is -1.76. The molecule has 0 aliphatic carbocycles. The predicted molar refractivity (Wildman–Crippen MR) is 57.5 cm³/mol. The molecular formula is C11H9N3. The van der Waals surface area contributed by atoms with E-state index in [0.717, 1.165) is 16.3 Å². The van der Waals surface area contributed by atoms with Crippen molar-refractivity contribution in [3.63, 3.8) is 0 Å². The molecule has 2 aromatic carbocycles. The first kappa shape index (κ1) is 8.60. The fourth-order valence-corrected chi connectivity index (χ4v) is 1.57. The molecule has 0 atom stereocenters. The van der Waals surface area contributed by atoms with E-state index in [9.17, 15) is 0 Å². The summed E-state index contributed by atoms with van der Waals surface area (Å²) in [7, 11) is 0. The first-order valence-corrected chi connectivity index (χ1v) is 4.36. The molecule has 14 heavy (non-hydrogen) atoms. The number of fused-ring (bicyclic) bond motifs is 1. The summed E-state index contributed by atoms with van der Waals surface area (Å²) < 4.78 is 0. The summed E-state index contributed by atoms with van der Waals surface area (Å²) in [6.07, 6.45) is 0. The highest BCUT2D eigenvalue weighted by atomic mass is 15.1. The van der Waals surface area contributed by atoms with Gasteiger partial charge in [-0.2, -0.15) is 0 Å². The molecule has 0 aromatic heterocycles. The summed E-state index contributed by atoms with van der Waals surface area (Å²) in [4.78, 5) is 2.82. The van der Waals surface area contributed by atoms with Gasteiger partial charge in [-0.3, -0.25) is 0 Å². The maximum Gasteiger partial charge on any atom is 0.0456 e. The zero-order valence-corrected chi connectivity index (χ0v) is 7.81. The van der Waals surface area contributed by atoms with Crippen molar-refractivity contribution in [1.82, 2.24) is 0 Å². The quantitative estimate of drug-likeness (QED) is 0.363. The predicted octanol–water partition coefficient (Wildman–Crippen LogP) is 4.09. The van der Waals surface area contributed by atoms with E-state index in [0.29, 0.717) is 5.69 Å².